The zero-order valence-corrected chi connectivity index (χ0v) is 14.7. The Morgan fingerprint density at radius 2 is 2.00 bits per heavy atom. The summed E-state index contributed by atoms with van der Waals surface area (Å²) >= 11 is 6.06. The molecule has 0 radical (unpaired) electrons. The van der Waals surface area contributed by atoms with Crippen molar-refractivity contribution >= 4 is 29.2 Å². The number of ether oxygens (including phenoxy) is 2. The number of rotatable bonds is 5. The molecule has 2 aromatic rings. The van der Waals surface area contributed by atoms with Crippen molar-refractivity contribution in [2.45, 2.75) is 20.3 Å². The number of aryl methyl sites for hydroxylation is 1. The molecule has 0 saturated heterocycles. The highest BCUT2D eigenvalue weighted by molar-refractivity contribution is 6.32. The summed E-state index contributed by atoms with van der Waals surface area (Å²) in [6, 6.07) is 4.94. The molecular formula is C17H19ClN2O4. The number of nitrogens with one attached hydrogen (secondary N) is 2. The molecule has 0 saturated carbocycles. The van der Waals surface area contributed by atoms with Gasteiger partial charge in [-0.25, -0.2) is 4.79 Å². The number of amides is 1. The second-order valence-corrected chi connectivity index (χ2v) is 5.53. The maximum atomic E-state index is 12.5. The number of benzene rings is 1. The summed E-state index contributed by atoms with van der Waals surface area (Å²) < 4.78 is 9.87. The third kappa shape index (κ3) is 3.38. The number of H-pyrrole nitrogens is 1. The Balaban J connectivity index is 2.32. The fourth-order valence-electron chi connectivity index (χ4n) is 2.47. The summed E-state index contributed by atoms with van der Waals surface area (Å²) in [7, 11) is 2.83. The van der Waals surface area contributed by atoms with Gasteiger partial charge in [-0.2, -0.15) is 0 Å². The highest BCUT2D eigenvalue weighted by atomic mass is 35.5. The van der Waals surface area contributed by atoms with E-state index >= 15 is 0 Å². The smallest absolute Gasteiger partial charge is 0.339 e. The SMILES string of the molecule is CCc1[nH]c(C(=O)Nc2ccc(OC)c(Cl)c2)c(C)c1C(=O)OC. The van der Waals surface area contributed by atoms with Crippen LogP contribution in [0.4, 0.5) is 5.69 Å². The lowest BCUT2D eigenvalue weighted by Gasteiger charge is -2.08. The Labute approximate surface area is 145 Å². The highest BCUT2D eigenvalue weighted by Gasteiger charge is 2.23. The molecule has 6 nitrogen and oxygen atoms in total. The zero-order chi connectivity index (χ0) is 17.9. The molecule has 0 fully saturated rings. The number of halogens is 1. The molecule has 7 heteroatoms. The number of hydrogen-bond acceptors (Lipinski definition) is 4. The van der Waals surface area contributed by atoms with Crippen molar-refractivity contribution in [3.63, 3.8) is 0 Å². The second-order valence-electron chi connectivity index (χ2n) is 5.13. The van der Waals surface area contributed by atoms with Gasteiger partial charge in [-0.15, -0.1) is 0 Å². The monoisotopic (exact) mass is 350 g/mol. The van der Waals surface area contributed by atoms with E-state index in [1.54, 1.807) is 25.1 Å². The van der Waals surface area contributed by atoms with Crippen LogP contribution in [0.1, 0.15) is 39.0 Å². The molecule has 2 N–H and O–H groups in total. The molecule has 0 aliphatic rings. The summed E-state index contributed by atoms with van der Waals surface area (Å²) in [4.78, 5) is 27.4. The fraction of sp³-hybridized carbons (Fsp3) is 0.294. The van der Waals surface area contributed by atoms with E-state index in [-0.39, 0.29) is 5.91 Å². The van der Waals surface area contributed by atoms with Gasteiger partial charge >= 0.3 is 5.97 Å². The van der Waals surface area contributed by atoms with E-state index in [4.69, 9.17) is 21.1 Å². The minimum Gasteiger partial charge on any atom is -0.495 e. The van der Waals surface area contributed by atoms with Gasteiger partial charge in [0.1, 0.15) is 11.4 Å². The van der Waals surface area contributed by atoms with Crippen LogP contribution in [0.15, 0.2) is 18.2 Å². The van der Waals surface area contributed by atoms with Gasteiger partial charge in [0.25, 0.3) is 5.91 Å². The van der Waals surface area contributed by atoms with Crippen LogP contribution < -0.4 is 10.1 Å². The van der Waals surface area contributed by atoms with Crippen LogP contribution in [0, 0.1) is 6.92 Å². The quantitative estimate of drug-likeness (QED) is 0.807. The fourth-order valence-corrected chi connectivity index (χ4v) is 2.72. The third-order valence-corrected chi connectivity index (χ3v) is 4.00. The van der Waals surface area contributed by atoms with Gasteiger partial charge in [0.15, 0.2) is 0 Å². The molecule has 1 amide bonds. The van der Waals surface area contributed by atoms with E-state index in [2.05, 4.69) is 10.3 Å². The Morgan fingerprint density at radius 3 is 2.54 bits per heavy atom. The number of carbonyl (C=O) groups excluding carboxylic acids is 2. The van der Waals surface area contributed by atoms with Gasteiger partial charge in [-0.3, -0.25) is 4.79 Å². The van der Waals surface area contributed by atoms with E-state index in [1.165, 1.54) is 14.2 Å². The van der Waals surface area contributed by atoms with Crippen LogP contribution in [0.5, 0.6) is 5.75 Å². The van der Waals surface area contributed by atoms with Crippen LogP contribution in [0.25, 0.3) is 0 Å². The van der Waals surface area contributed by atoms with E-state index < -0.39 is 5.97 Å². The number of hydrogen-bond donors (Lipinski definition) is 2. The maximum absolute atomic E-state index is 12.5. The lowest BCUT2D eigenvalue weighted by molar-refractivity contribution is 0.0599. The van der Waals surface area contributed by atoms with Crippen molar-refractivity contribution in [2.24, 2.45) is 0 Å². The molecule has 128 valence electrons. The molecule has 1 aromatic heterocycles. The van der Waals surface area contributed by atoms with Crippen LogP contribution in [0.2, 0.25) is 5.02 Å². The molecule has 0 aliphatic heterocycles. The minimum absolute atomic E-state index is 0.319. The van der Waals surface area contributed by atoms with Crippen molar-refractivity contribution in [3.05, 3.63) is 45.7 Å². The van der Waals surface area contributed by atoms with Gasteiger partial charge in [0.2, 0.25) is 0 Å². The van der Waals surface area contributed by atoms with E-state index in [0.29, 0.717) is 45.4 Å². The molecule has 0 atom stereocenters. The molecule has 2 rings (SSSR count). The first-order valence-corrected chi connectivity index (χ1v) is 7.75. The predicted molar refractivity (Wildman–Crippen MR) is 92.2 cm³/mol. The zero-order valence-electron chi connectivity index (χ0n) is 14.0. The molecule has 0 unspecified atom stereocenters. The van der Waals surface area contributed by atoms with Crippen LogP contribution in [0.3, 0.4) is 0 Å². The largest absolute Gasteiger partial charge is 0.495 e. The lowest BCUT2D eigenvalue weighted by atomic mass is 10.1. The van der Waals surface area contributed by atoms with E-state index in [9.17, 15) is 9.59 Å². The summed E-state index contributed by atoms with van der Waals surface area (Å²) in [5.41, 5.74) is 2.46. The van der Waals surface area contributed by atoms with Gasteiger partial charge in [-0.05, 0) is 37.1 Å². The summed E-state index contributed by atoms with van der Waals surface area (Å²) in [6.45, 7) is 3.60. The van der Waals surface area contributed by atoms with Crippen LogP contribution >= 0.6 is 11.6 Å². The molecule has 0 aliphatic carbocycles. The standard InChI is InChI=1S/C17H19ClN2O4/c1-5-12-14(17(22)24-4)9(2)15(20-12)16(21)19-10-6-7-13(23-3)11(18)8-10/h6-8,20H,5H2,1-4H3,(H,19,21). The summed E-state index contributed by atoms with van der Waals surface area (Å²) in [6.07, 6.45) is 0.576. The van der Waals surface area contributed by atoms with E-state index in [0.717, 1.165) is 0 Å². The predicted octanol–water partition coefficient (Wildman–Crippen LogP) is 3.59. The van der Waals surface area contributed by atoms with Gasteiger partial charge in [0.05, 0.1) is 24.8 Å². The molecule has 24 heavy (non-hydrogen) atoms. The third-order valence-electron chi connectivity index (χ3n) is 3.71. The summed E-state index contributed by atoms with van der Waals surface area (Å²) in [5.74, 6) is -0.308. The van der Waals surface area contributed by atoms with Crippen molar-refractivity contribution in [1.82, 2.24) is 4.98 Å². The average molecular weight is 351 g/mol. The molecular weight excluding hydrogens is 332 g/mol. The number of aromatic nitrogens is 1. The first-order chi connectivity index (χ1) is 11.4. The first-order valence-electron chi connectivity index (χ1n) is 7.37. The molecule has 1 heterocycles. The first kappa shape index (κ1) is 17.9. The molecule has 1 aromatic carbocycles. The highest BCUT2D eigenvalue weighted by Crippen LogP contribution is 2.28. The Morgan fingerprint density at radius 1 is 1.29 bits per heavy atom. The van der Waals surface area contributed by atoms with Crippen molar-refractivity contribution in [3.8, 4) is 5.75 Å². The van der Waals surface area contributed by atoms with Gasteiger partial charge < -0.3 is 19.8 Å². The van der Waals surface area contributed by atoms with Crippen molar-refractivity contribution in [2.75, 3.05) is 19.5 Å². The number of aromatic amines is 1. The number of carbonyl (C=O) groups is 2. The number of esters is 1. The number of methoxy groups -OCH3 is 2. The Bertz CT molecular complexity index is 783. The average Bonchev–Trinajstić information content (AvgIpc) is 2.91. The second kappa shape index (κ2) is 7.40. The molecule has 0 spiro atoms. The van der Waals surface area contributed by atoms with Crippen LogP contribution in [-0.2, 0) is 11.2 Å². The van der Waals surface area contributed by atoms with Gasteiger partial charge in [0, 0.05) is 11.4 Å². The molecule has 0 bridgehead atoms. The maximum Gasteiger partial charge on any atom is 0.339 e. The van der Waals surface area contributed by atoms with Gasteiger partial charge in [-0.1, -0.05) is 18.5 Å². The summed E-state index contributed by atoms with van der Waals surface area (Å²) in [5, 5.41) is 3.14. The number of anilines is 1. The lowest BCUT2D eigenvalue weighted by Crippen LogP contribution is -2.14. The topological polar surface area (TPSA) is 80.4 Å². The van der Waals surface area contributed by atoms with Crippen molar-refractivity contribution in [1.29, 1.82) is 0 Å². The Kier molecular flexibility index (Phi) is 5.51. The normalized spacial score (nSPS) is 10.4. The van der Waals surface area contributed by atoms with Crippen LogP contribution in [-0.4, -0.2) is 31.1 Å². The van der Waals surface area contributed by atoms with E-state index in [1.807, 2.05) is 6.92 Å². The van der Waals surface area contributed by atoms with Crippen molar-refractivity contribution < 1.29 is 19.1 Å². The minimum atomic E-state index is -0.466. The Hall–Kier alpha value is -2.47.